The van der Waals surface area contributed by atoms with Crippen molar-refractivity contribution >= 4 is 46.7 Å². The molecule has 6 heteroatoms. The van der Waals surface area contributed by atoms with Crippen LogP contribution in [0.5, 0.6) is 0 Å². The number of halogens is 2. The number of hydrogen-bond acceptors (Lipinski definition) is 3. The van der Waals surface area contributed by atoms with Crippen molar-refractivity contribution in [2.75, 3.05) is 17.3 Å². The maximum atomic E-state index is 13.6. The van der Waals surface area contributed by atoms with Crippen LogP contribution in [-0.2, 0) is 10.5 Å². The van der Waals surface area contributed by atoms with Crippen LogP contribution >= 0.6 is 35.1 Å². The molecule has 0 spiro atoms. The van der Waals surface area contributed by atoms with Crippen LogP contribution < -0.4 is 5.32 Å². The summed E-state index contributed by atoms with van der Waals surface area (Å²) in [4.78, 5) is 13.0. The Morgan fingerprint density at radius 3 is 2.82 bits per heavy atom. The van der Waals surface area contributed by atoms with Gasteiger partial charge in [-0.1, -0.05) is 23.7 Å². The molecular weight excluding hydrogens is 341 g/mol. The van der Waals surface area contributed by atoms with E-state index in [1.54, 1.807) is 23.9 Å². The van der Waals surface area contributed by atoms with Crippen LogP contribution in [0.2, 0.25) is 5.02 Å². The van der Waals surface area contributed by atoms with Crippen molar-refractivity contribution in [1.82, 2.24) is 0 Å². The number of benzene rings is 2. The number of anilines is 1. The molecule has 0 radical (unpaired) electrons. The van der Waals surface area contributed by atoms with Crippen molar-refractivity contribution in [1.29, 1.82) is 0 Å². The molecule has 0 saturated carbocycles. The molecule has 2 aromatic rings. The number of amides is 1. The second-order valence-electron chi connectivity index (χ2n) is 4.51. The number of rotatable bonds is 6. The zero-order valence-electron chi connectivity index (χ0n) is 11.9. The summed E-state index contributed by atoms with van der Waals surface area (Å²) in [6.45, 7) is 0. The second-order valence-corrected chi connectivity index (χ2v) is 6.81. The third-order valence-corrected chi connectivity index (χ3v) is 4.80. The van der Waals surface area contributed by atoms with Crippen LogP contribution in [-0.4, -0.2) is 17.9 Å². The van der Waals surface area contributed by atoms with Crippen molar-refractivity contribution in [2.24, 2.45) is 0 Å². The number of carbonyl (C=O) groups is 1. The van der Waals surface area contributed by atoms with E-state index in [1.807, 2.05) is 30.5 Å². The Bertz CT molecular complexity index is 666. The highest BCUT2D eigenvalue weighted by molar-refractivity contribution is 7.99. The molecule has 1 N–H and O–H groups in total. The summed E-state index contributed by atoms with van der Waals surface area (Å²) in [6.07, 6.45) is 1.98. The van der Waals surface area contributed by atoms with E-state index in [1.165, 1.54) is 17.8 Å². The van der Waals surface area contributed by atoms with Crippen molar-refractivity contribution in [3.05, 3.63) is 58.9 Å². The van der Waals surface area contributed by atoms with Crippen LogP contribution in [0.4, 0.5) is 10.1 Å². The van der Waals surface area contributed by atoms with Crippen LogP contribution in [0.1, 0.15) is 5.56 Å². The fraction of sp³-hybridized carbons (Fsp3) is 0.188. The third kappa shape index (κ3) is 5.23. The molecule has 0 aromatic heterocycles. The van der Waals surface area contributed by atoms with E-state index in [2.05, 4.69) is 5.32 Å². The van der Waals surface area contributed by atoms with Gasteiger partial charge in [0.1, 0.15) is 5.82 Å². The lowest BCUT2D eigenvalue weighted by Gasteiger charge is -2.07. The summed E-state index contributed by atoms with van der Waals surface area (Å²) in [6, 6.07) is 12.2. The van der Waals surface area contributed by atoms with Crippen LogP contribution in [0.3, 0.4) is 0 Å². The van der Waals surface area contributed by atoms with Gasteiger partial charge in [0, 0.05) is 21.4 Å². The van der Waals surface area contributed by atoms with E-state index in [0.29, 0.717) is 16.3 Å². The van der Waals surface area contributed by atoms with E-state index in [4.69, 9.17) is 11.6 Å². The monoisotopic (exact) mass is 355 g/mol. The highest BCUT2D eigenvalue weighted by atomic mass is 35.5. The van der Waals surface area contributed by atoms with Gasteiger partial charge in [0.05, 0.1) is 5.75 Å². The van der Waals surface area contributed by atoms with Gasteiger partial charge in [-0.05, 0) is 42.2 Å². The summed E-state index contributed by atoms with van der Waals surface area (Å²) in [7, 11) is 0. The Kier molecular flexibility index (Phi) is 6.61. The van der Waals surface area contributed by atoms with Gasteiger partial charge >= 0.3 is 0 Å². The average molecular weight is 356 g/mol. The van der Waals surface area contributed by atoms with Gasteiger partial charge in [0.25, 0.3) is 0 Å². The van der Waals surface area contributed by atoms with Crippen LogP contribution in [0.15, 0.2) is 47.4 Å². The molecule has 0 aliphatic carbocycles. The maximum Gasteiger partial charge on any atom is 0.234 e. The smallest absolute Gasteiger partial charge is 0.234 e. The fourth-order valence-corrected chi connectivity index (χ4v) is 3.22. The molecule has 0 aliphatic heterocycles. The van der Waals surface area contributed by atoms with Crippen molar-refractivity contribution in [2.45, 2.75) is 10.6 Å². The van der Waals surface area contributed by atoms with Gasteiger partial charge in [-0.15, -0.1) is 23.5 Å². The van der Waals surface area contributed by atoms with Gasteiger partial charge in [0.2, 0.25) is 5.91 Å². The molecule has 0 unspecified atom stereocenters. The van der Waals surface area contributed by atoms with Crippen LogP contribution in [0.25, 0.3) is 0 Å². The Hall–Kier alpha value is -1.17. The molecular formula is C16H15ClFNOS2. The quantitative estimate of drug-likeness (QED) is 0.733. The first-order chi connectivity index (χ1) is 10.6. The summed E-state index contributed by atoms with van der Waals surface area (Å²) in [5.74, 6) is 0.262. The SMILES string of the molecule is CSc1cccc(NC(=O)CSCc2ccc(Cl)cc2F)c1. The van der Waals surface area contributed by atoms with E-state index in [-0.39, 0.29) is 17.5 Å². The first-order valence-electron chi connectivity index (χ1n) is 6.54. The van der Waals surface area contributed by atoms with Gasteiger partial charge in [0.15, 0.2) is 0 Å². The molecule has 0 heterocycles. The van der Waals surface area contributed by atoms with Gasteiger partial charge < -0.3 is 5.32 Å². The molecule has 2 nitrogen and oxygen atoms in total. The molecule has 0 bridgehead atoms. The Morgan fingerprint density at radius 1 is 1.27 bits per heavy atom. The first kappa shape index (κ1) is 17.2. The minimum absolute atomic E-state index is 0.0994. The molecule has 0 atom stereocenters. The maximum absolute atomic E-state index is 13.6. The van der Waals surface area contributed by atoms with E-state index < -0.39 is 0 Å². The second kappa shape index (κ2) is 8.46. The molecule has 2 aromatic carbocycles. The number of hydrogen-bond donors (Lipinski definition) is 1. The molecule has 2 rings (SSSR count). The number of carbonyl (C=O) groups excluding carboxylic acids is 1. The zero-order valence-corrected chi connectivity index (χ0v) is 14.3. The fourth-order valence-electron chi connectivity index (χ4n) is 1.79. The highest BCUT2D eigenvalue weighted by Crippen LogP contribution is 2.21. The molecule has 1 amide bonds. The number of thioether (sulfide) groups is 2. The standard InChI is InChI=1S/C16H15ClFNOS2/c1-21-14-4-2-3-13(8-14)19-16(20)10-22-9-11-5-6-12(17)7-15(11)18/h2-8H,9-10H2,1H3,(H,19,20). The largest absolute Gasteiger partial charge is 0.325 e. The van der Waals surface area contributed by atoms with Crippen LogP contribution in [0, 0.1) is 5.82 Å². The molecule has 0 aliphatic rings. The molecule has 0 saturated heterocycles. The topological polar surface area (TPSA) is 29.1 Å². The Balaban J connectivity index is 1.82. The lowest BCUT2D eigenvalue weighted by atomic mass is 10.2. The minimum atomic E-state index is -0.340. The Morgan fingerprint density at radius 2 is 2.09 bits per heavy atom. The Labute approximate surface area is 142 Å². The lowest BCUT2D eigenvalue weighted by Crippen LogP contribution is -2.14. The van der Waals surface area contributed by atoms with Crippen molar-refractivity contribution < 1.29 is 9.18 Å². The summed E-state index contributed by atoms with van der Waals surface area (Å²) >= 11 is 8.69. The molecule has 116 valence electrons. The van der Waals surface area contributed by atoms with E-state index in [0.717, 1.165) is 10.6 Å². The predicted octanol–water partition coefficient (Wildman–Crippen LogP) is 5.07. The third-order valence-electron chi connectivity index (χ3n) is 2.86. The average Bonchev–Trinajstić information content (AvgIpc) is 2.49. The summed E-state index contributed by atoms with van der Waals surface area (Å²) in [5.41, 5.74) is 1.32. The number of nitrogens with one attached hydrogen (secondary N) is 1. The lowest BCUT2D eigenvalue weighted by molar-refractivity contribution is -0.113. The highest BCUT2D eigenvalue weighted by Gasteiger charge is 2.06. The minimum Gasteiger partial charge on any atom is -0.325 e. The van der Waals surface area contributed by atoms with Gasteiger partial charge in [-0.3, -0.25) is 4.79 Å². The van der Waals surface area contributed by atoms with Crippen molar-refractivity contribution in [3.8, 4) is 0 Å². The normalized spacial score (nSPS) is 10.5. The molecule has 0 fully saturated rings. The zero-order chi connectivity index (χ0) is 15.9. The first-order valence-corrected chi connectivity index (χ1v) is 9.30. The molecule has 22 heavy (non-hydrogen) atoms. The summed E-state index contributed by atoms with van der Waals surface area (Å²) < 4.78 is 13.6. The van der Waals surface area contributed by atoms with Gasteiger partial charge in [-0.2, -0.15) is 0 Å². The van der Waals surface area contributed by atoms with Gasteiger partial charge in [-0.25, -0.2) is 4.39 Å². The van der Waals surface area contributed by atoms with Crippen molar-refractivity contribution in [3.63, 3.8) is 0 Å². The summed E-state index contributed by atoms with van der Waals surface area (Å²) in [5, 5.41) is 3.21. The van der Waals surface area contributed by atoms with E-state index >= 15 is 0 Å². The predicted molar refractivity (Wildman–Crippen MR) is 94.4 cm³/mol. The van der Waals surface area contributed by atoms with E-state index in [9.17, 15) is 9.18 Å².